The molecule has 1 aromatic carbocycles. The molecule has 0 bridgehead atoms. The Hall–Kier alpha value is -1.68. The van der Waals surface area contributed by atoms with Gasteiger partial charge in [0.1, 0.15) is 11.4 Å². The third-order valence-electron chi connectivity index (χ3n) is 4.28. The van der Waals surface area contributed by atoms with Gasteiger partial charge in [-0.05, 0) is 47.7 Å². The van der Waals surface area contributed by atoms with Gasteiger partial charge in [0.2, 0.25) is 11.9 Å². The smallest absolute Gasteiger partial charge is 0.295 e. The van der Waals surface area contributed by atoms with Crippen molar-refractivity contribution in [2.75, 3.05) is 4.90 Å². The minimum atomic E-state index is -0.727. The van der Waals surface area contributed by atoms with Gasteiger partial charge in [-0.15, -0.1) is 0 Å². The molecule has 3 rings (SSSR count). The summed E-state index contributed by atoms with van der Waals surface area (Å²) < 4.78 is 1.14. The lowest BCUT2D eigenvalue weighted by Crippen LogP contribution is -2.58. The molecule has 24 heavy (non-hydrogen) atoms. The number of hydrogen-bond donors (Lipinski definition) is 2. The van der Waals surface area contributed by atoms with Crippen molar-refractivity contribution < 1.29 is 4.92 Å². The number of nitrogens with zero attached hydrogens (tertiary/aromatic N) is 4. The van der Waals surface area contributed by atoms with Gasteiger partial charge in [0.05, 0.1) is 4.92 Å². The first-order valence-corrected chi connectivity index (χ1v) is 9.06. The number of benzene rings is 1. The SMILES string of the molecule is NC1=NC2(CCCCC2)N(c2c(Br)cc(Br)cc2[N+](=O)[O-])C(N)=N1. The number of nitrogens with two attached hydrogens (primary N) is 2. The van der Waals surface area contributed by atoms with E-state index in [1.807, 2.05) is 0 Å². The number of nitro groups is 1. The molecule has 128 valence electrons. The molecule has 0 atom stereocenters. The molecule has 2 aliphatic rings. The van der Waals surface area contributed by atoms with Crippen molar-refractivity contribution in [1.82, 2.24) is 0 Å². The Morgan fingerprint density at radius 2 is 1.88 bits per heavy atom. The van der Waals surface area contributed by atoms with Crippen molar-refractivity contribution in [3.63, 3.8) is 0 Å². The van der Waals surface area contributed by atoms with Gasteiger partial charge in [0.15, 0.2) is 0 Å². The third-order valence-corrected chi connectivity index (χ3v) is 5.34. The quantitative estimate of drug-likeness (QED) is 0.519. The van der Waals surface area contributed by atoms with Gasteiger partial charge in [-0.1, -0.05) is 22.4 Å². The van der Waals surface area contributed by atoms with Crippen molar-refractivity contribution in [1.29, 1.82) is 0 Å². The second kappa shape index (κ2) is 6.32. The van der Waals surface area contributed by atoms with E-state index in [2.05, 4.69) is 41.8 Å². The average Bonchev–Trinajstić information content (AvgIpc) is 2.48. The van der Waals surface area contributed by atoms with Crippen LogP contribution in [0.1, 0.15) is 32.1 Å². The Morgan fingerprint density at radius 1 is 1.21 bits per heavy atom. The fourth-order valence-electron chi connectivity index (χ4n) is 3.36. The second-order valence-electron chi connectivity index (χ2n) is 5.83. The van der Waals surface area contributed by atoms with Gasteiger partial charge in [-0.25, -0.2) is 4.99 Å². The number of anilines is 1. The zero-order valence-electron chi connectivity index (χ0n) is 12.7. The normalized spacial score (nSPS) is 19.8. The van der Waals surface area contributed by atoms with Crippen molar-refractivity contribution in [3.8, 4) is 0 Å². The maximum absolute atomic E-state index is 11.6. The summed E-state index contributed by atoms with van der Waals surface area (Å²) in [5.74, 6) is 0.233. The van der Waals surface area contributed by atoms with Crippen LogP contribution >= 0.6 is 31.9 Å². The van der Waals surface area contributed by atoms with Gasteiger partial charge in [-0.3, -0.25) is 15.0 Å². The monoisotopic (exact) mass is 458 g/mol. The molecule has 10 heteroatoms. The van der Waals surface area contributed by atoms with Gasteiger partial charge < -0.3 is 11.5 Å². The van der Waals surface area contributed by atoms with Gasteiger partial charge >= 0.3 is 0 Å². The Bertz CT molecular complexity index is 758. The Labute approximate surface area is 155 Å². The van der Waals surface area contributed by atoms with Gasteiger partial charge in [0, 0.05) is 15.0 Å². The molecule has 1 saturated carbocycles. The summed E-state index contributed by atoms with van der Waals surface area (Å²) >= 11 is 6.72. The highest BCUT2D eigenvalue weighted by atomic mass is 79.9. The number of nitro benzene ring substituents is 1. The first-order valence-electron chi connectivity index (χ1n) is 7.47. The number of hydrogen-bond acceptors (Lipinski definition) is 7. The second-order valence-corrected chi connectivity index (χ2v) is 7.60. The summed E-state index contributed by atoms with van der Waals surface area (Å²) in [5, 5.41) is 11.6. The lowest BCUT2D eigenvalue weighted by molar-refractivity contribution is -0.384. The first-order chi connectivity index (χ1) is 11.3. The number of aliphatic imine (C=N–C) groups is 2. The van der Waals surface area contributed by atoms with Crippen molar-refractivity contribution in [2.45, 2.75) is 37.8 Å². The molecule has 0 amide bonds. The Morgan fingerprint density at radius 3 is 2.50 bits per heavy atom. The standard InChI is InChI=1S/C14H16Br2N6O2/c15-8-6-9(16)11(10(7-8)22(23)24)21-13(18)19-12(17)20-14(21)4-2-1-3-5-14/h6-7H,1-5H2,(H4,17,18,19,20). The number of rotatable bonds is 2. The van der Waals surface area contributed by atoms with E-state index in [-0.39, 0.29) is 17.6 Å². The van der Waals surface area contributed by atoms with Crippen LogP contribution in [-0.2, 0) is 0 Å². The van der Waals surface area contributed by atoms with E-state index in [1.165, 1.54) is 6.07 Å². The van der Waals surface area contributed by atoms with E-state index in [4.69, 9.17) is 11.5 Å². The molecule has 1 aromatic rings. The Balaban J connectivity index is 2.23. The van der Waals surface area contributed by atoms with E-state index in [9.17, 15) is 10.1 Å². The van der Waals surface area contributed by atoms with Crippen LogP contribution in [0.4, 0.5) is 11.4 Å². The molecule has 0 saturated heterocycles. The molecule has 1 aliphatic heterocycles. The molecule has 1 fully saturated rings. The van der Waals surface area contributed by atoms with Crippen LogP contribution < -0.4 is 16.4 Å². The van der Waals surface area contributed by atoms with E-state index in [0.717, 1.165) is 19.3 Å². The largest absolute Gasteiger partial charge is 0.369 e. The highest BCUT2D eigenvalue weighted by Gasteiger charge is 2.45. The zero-order valence-corrected chi connectivity index (χ0v) is 15.9. The van der Waals surface area contributed by atoms with Crippen LogP contribution in [0, 0.1) is 10.1 Å². The minimum Gasteiger partial charge on any atom is -0.369 e. The lowest BCUT2D eigenvalue weighted by atomic mass is 9.87. The molecule has 1 heterocycles. The number of halogens is 2. The molecular weight excluding hydrogens is 444 g/mol. The van der Waals surface area contributed by atoms with Gasteiger partial charge in [-0.2, -0.15) is 4.99 Å². The molecular formula is C14H16Br2N6O2. The zero-order chi connectivity index (χ0) is 17.5. The van der Waals surface area contributed by atoms with Crippen molar-refractivity contribution in [2.24, 2.45) is 21.5 Å². The maximum Gasteiger partial charge on any atom is 0.295 e. The van der Waals surface area contributed by atoms with Crippen LogP contribution in [0.15, 0.2) is 31.1 Å². The Kier molecular flexibility index (Phi) is 4.52. The van der Waals surface area contributed by atoms with Gasteiger partial charge in [0.25, 0.3) is 5.69 Å². The molecule has 0 radical (unpaired) electrons. The molecule has 0 unspecified atom stereocenters. The van der Waals surface area contributed by atoms with Crippen LogP contribution in [0.5, 0.6) is 0 Å². The summed E-state index contributed by atoms with van der Waals surface area (Å²) in [6.45, 7) is 0. The predicted octanol–water partition coefficient (Wildman–Crippen LogP) is 3.23. The average molecular weight is 460 g/mol. The maximum atomic E-state index is 11.6. The molecule has 8 nitrogen and oxygen atoms in total. The van der Waals surface area contributed by atoms with Crippen LogP contribution in [0.2, 0.25) is 0 Å². The summed E-state index contributed by atoms with van der Waals surface area (Å²) in [5.41, 5.74) is 11.5. The van der Waals surface area contributed by atoms with Crippen LogP contribution in [-0.4, -0.2) is 22.5 Å². The topological polar surface area (TPSA) is 123 Å². The molecule has 1 aliphatic carbocycles. The molecule has 0 aromatic heterocycles. The van der Waals surface area contributed by atoms with Crippen LogP contribution in [0.3, 0.4) is 0 Å². The van der Waals surface area contributed by atoms with Crippen molar-refractivity contribution >= 4 is 55.2 Å². The minimum absolute atomic E-state index is 0.0741. The van der Waals surface area contributed by atoms with Crippen molar-refractivity contribution in [3.05, 3.63) is 31.2 Å². The third kappa shape index (κ3) is 2.88. The highest BCUT2D eigenvalue weighted by Crippen LogP contribution is 2.46. The first kappa shape index (κ1) is 17.2. The van der Waals surface area contributed by atoms with E-state index >= 15 is 0 Å². The van der Waals surface area contributed by atoms with E-state index in [1.54, 1.807) is 11.0 Å². The summed E-state index contributed by atoms with van der Waals surface area (Å²) in [4.78, 5) is 21.4. The van der Waals surface area contributed by atoms with Crippen LogP contribution in [0.25, 0.3) is 0 Å². The summed E-state index contributed by atoms with van der Waals surface area (Å²) in [6, 6.07) is 3.19. The fraction of sp³-hybridized carbons (Fsp3) is 0.429. The fourth-order valence-corrected chi connectivity index (χ4v) is 4.74. The predicted molar refractivity (Wildman–Crippen MR) is 100 cm³/mol. The highest BCUT2D eigenvalue weighted by molar-refractivity contribution is 9.11. The summed E-state index contributed by atoms with van der Waals surface area (Å²) in [7, 11) is 0. The molecule has 4 N–H and O–H groups in total. The van der Waals surface area contributed by atoms with E-state index in [0.29, 0.717) is 27.5 Å². The summed E-state index contributed by atoms with van der Waals surface area (Å²) in [6.07, 6.45) is 4.41. The molecule has 1 spiro atoms. The lowest BCUT2D eigenvalue weighted by Gasteiger charge is -2.45. The number of guanidine groups is 2. The van der Waals surface area contributed by atoms with E-state index < -0.39 is 10.6 Å².